The smallest absolute Gasteiger partial charge is 0.183 e. The first-order chi connectivity index (χ1) is 10.7. The fourth-order valence-corrected chi connectivity index (χ4v) is 3.61. The van der Waals surface area contributed by atoms with E-state index in [-0.39, 0.29) is 12.1 Å². The van der Waals surface area contributed by atoms with Crippen LogP contribution in [0.25, 0.3) is 0 Å². The van der Waals surface area contributed by atoms with Gasteiger partial charge in [-0.15, -0.1) is 0 Å². The van der Waals surface area contributed by atoms with Crippen LogP contribution in [0.4, 0.5) is 4.39 Å². The Kier molecular flexibility index (Phi) is 5.48. The van der Waals surface area contributed by atoms with E-state index in [9.17, 15) is 4.39 Å². The van der Waals surface area contributed by atoms with E-state index in [0.29, 0.717) is 5.92 Å². The highest BCUT2D eigenvalue weighted by atomic mass is 19.1. The monoisotopic (exact) mass is 306 g/mol. The molecule has 3 heteroatoms. The van der Waals surface area contributed by atoms with Gasteiger partial charge in [0.05, 0.1) is 13.2 Å². The Bertz CT molecular complexity index is 443. The molecule has 1 aliphatic heterocycles. The van der Waals surface area contributed by atoms with Crippen molar-refractivity contribution < 1.29 is 13.9 Å². The lowest BCUT2D eigenvalue weighted by Gasteiger charge is -2.31. The highest BCUT2D eigenvalue weighted by Gasteiger charge is 2.25. The molecule has 1 aromatic rings. The number of ether oxygens (including phenoxy) is 2. The zero-order valence-corrected chi connectivity index (χ0v) is 13.5. The van der Waals surface area contributed by atoms with Crippen LogP contribution in [-0.2, 0) is 9.47 Å². The molecular weight excluding hydrogens is 279 g/mol. The van der Waals surface area contributed by atoms with Crippen LogP contribution in [0.3, 0.4) is 0 Å². The van der Waals surface area contributed by atoms with Crippen LogP contribution in [0.2, 0.25) is 0 Å². The molecule has 2 fully saturated rings. The van der Waals surface area contributed by atoms with Gasteiger partial charge in [-0.3, -0.25) is 0 Å². The molecule has 0 unspecified atom stereocenters. The van der Waals surface area contributed by atoms with E-state index < -0.39 is 0 Å². The van der Waals surface area contributed by atoms with Crippen LogP contribution in [-0.4, -0.2) is 13.2 Å². The third kappa shape index (κ3) is 4.30. The zero-order chi connectivity index (χ0) is 15.4. The van der Waals surface area contributed by atoms with Crippen LogP contribution in [0, 0.1) is 23.6 Å². The fourth-order valence-electron chi connectivity index (χ4n) is 3.61. The van der Waals surface area contributed by atoms with Gasteiger partial charge in [-0.25, -0.2) is 4.39 Å². The normalized spacial score (nSPS) is 32.8. The minimum atomic E-state index is -0.326. The van der Waals surface area contributed by atoms with Gasteiger partial charge in [-0.1, -0.05) is 51.2 Å². The van der Waals surface area contributed by atoms with Gasteiger partial charge in [0, 0.05) is 11.5 Å². The van der Waals surface area contributed by atoms with E-state index in [1.165, 1.54) is 50.7 Å². The summed E-state index contributed by atoms with van der Waals surface area (Å²) in [5.74, 6) is 2.12. The molecule has 1 saturated carbocycles. The summed E-state index contributed by atoms with van der Waals surface area (Å²) in [5.41, 5.74) is 0.904. The number of hydrogen-bond acceptors (Lipinski definition) is 2. The lowest BCUT2D eigenvalue weighted by Crippen LogP contribution is -2.27. The Morgan fingerprint density at radius 2 is 1.50 bits per heavy atom. The molecule has 0 atom stereocenters. The topological polar surface area (TPSA) is 18.5 Å². The molecule has 1 heterocycles. The van der Waals surface area contributed by atoms with Crippen LogP contribution < -0.4 is 0 Å². The molecule has 2 aliphatic rings. The quantitative estimate of drug-likeness (QED) is 0.771. The van der Waals surface area contributed by atoms with Gasteiger partial charge in [-0.05, 0) is 30.4 Å². The first kappa shape index (κ1) is 15.9. The van der Waals surface area contributed by atoms with E-state index in [0.717, 1.165) is 30.6 Å². The highest BCUT2D eigenvalue weighted by molar-refractivity contribution is 5.17. The molecule has 0 bridgehead atoms. The summed E-state index contributed by atoms with van der Waals surface area (Å²) in [6.07, 6.45) is 7.78. The second-order valence-electron chi connectivity index (χ2n) is 7.12. The molecule has 0 amide bonds. The third-order valence-electron chi connectivity index (χ3n) is 5.23. The summed E-state index contributed by atoms with van der Waals surface area (Å²) in [6, 6.07) is 6.39. The number of rotatable bonds is 4. The highest BCUT2D eigenvalue weighted by Crippen LogP contribution is 2.33. The summed E-state index contributed by atoms with van der Waals surface area (Å²) in [5, 5.41) is 0. The summed E-state index contributed by atoms with van der Waals surface area (Å²) in [6.45, 7) is 3.88. The number of hydrogen-bond donors (Lipinski definition) is 0. The van der Waals surface area contributed by atoms with Crippen molar-refractivity contribution in [2.45, 2.75) is 51.7 Å². The van der Waals surface area contributed by atoms with Crippen molar-refractivity contribution in [2.24, 2.45) is 17.8 Å². The maximum absolute atomic E-state index is 12.9. The SMILES string of the molecule is C[C@H]1CC[C@H](CC[C@H]2CO[C@H](c3ccc(F)cc3)OC2)CC1. The Balaban J connectivity index is 1.39. The fraction of sp³-hybridized carbons (Fsp3) is 0.684. The Morgan fingerprint density at radius 1 is 0.909 bits per heavy atom. The maximum atomic E-state index is 12.9. The lowest BCUT2D eigenvalue weighted by molar-refractivity contribution is -0.206. The second-order valence-corrected chi connectivity index (χ2v) is 7.12. The molecule has 0 spiro atoms. The lowest BCUT2D eigenvalue weighted by atomic mass is 9.80. The van der Waals surface area contributed by atoms with Crippen molar-refractivity contribution >= 4 is 0 Å². The number of benzene rings is 1. The summed E-state index contributed by atoms with van der Waals surface area (Å²) < 4.78 is 24.6. The molecule has 2 nitrogen and oxygen atoms in total. The molecule has 1 aromatic carbocycles. The molecule has 0 aromatic heterocycles. The van der Waals surface area contributed by atoms with Gasteiger partial charge < -0.3 is 9.47 Å². The van der Waals surface area contributed by atoms with Crippen molar-refractivity contribution in [3.8, 4) is 0 Å². The zero-order valence-electron chi connectivity index (χ0n) is 13.5. The van der Waals surface area contributed by atoms with Gasteiger partial charge >= 0.3 is 0 Å². The predicted octanol–water partition coefficient (Wildman–Crippen LogP) is 5.09. The minimum absolute atomic E-state index is 0.223. The average molecular weight is 306 g/mol. The molecule has 0 N–H and O–H groups in total. The van der Waals surface area contributed by atoms with Gasteiger partial charge in [0.15, 0.2) is 6.29 Å². The molecule has 3 rings (SSSR count). The van der Waals surface area contributed by atoms with Crippen LogP contribution in [0.1, 0.15) is 57.3 Å². The Hall–Kier alpha value is -0.930. The van der Waals surface area contributed by atoms with Crippen LogP contribution in [0.15, 0.2) is 24.3 Å². The van der Waals surface area contributed by atoms with E-state index in [2.05, 4.69) is 6.92 Å². The first-order valence-electron chi connectivity index (χ1n) is 8.69. The third-order valence-corrected chi connectivity index (χ3v) is 5.23. The standard InChI is InChI=1S/C19H27FO2/c1-14-2-4-15(5-3-14)6-7-16-12-21-19(22-13-16)17-8-10-18(20)11-9-17/h8-11,14-16,19H,2-7,12-13H2,1H3/t14-,15-,16-,19-. The van der Waals surface area contributed by atoms with E-state index in [1.807, 2.05) is 0 Å². The summed E-state index contributed by atoms with van der Waals surface area (Å²) in [4.78, 5) is 0. The van der Waals surface area contributed by atoms with Crippen molar-refractivity contribution in [3.05, 3.63) is 35.6 Å². The molecule has 122 valence electrons. The second kappa shape index (κ2) is 7.56. The van der Waals surface area contributed by atoms with Gasteiger partial charge in [0.2, 0.25) is 0 Å². The Morgan fingerprint density at radius 3 is 2.14 bits per heavy atom. The molecule has 1 saturated heterocycles. The van der Waals surface area contributed by atoms with E-state index >= 15 is 0 Å². The van der Waals surface area contributed by atoms with Crippen molar-refractivity contribution in [3.63, 3.8) is 0 Å². The predicted molar refractivity (Wildman–Crippen MR) is 84.9 cm³/mol. The van der Waals surface area contributed by atoms with Gasteiger partial charge in [0.25, 0.3) is 0 Å². The minimum Gasteiger partial charge on any atom is -0.348 e. The molecule has 1 aliphatic carbocycles. The van der Waals surface area contributed by atoms with Gasteiger partial charge in [-0.2, -0.15) is 0 Å². The summed E-state index contributed by atoms with van der Waals surface area (Å²) in [7, 11) is 0. The Labute approximate surface area is 133 Å². The average Bonchev–Trinajstić information content (AvgIpc) is 2.56. The first-order valence-corrected chi connectivity index (χ1v) is 8.69. The van der Waals surface area contributed by atoms with Crippen LogP contribution in [0.5, 0.6) is 0 Å². The molecule has 22 heavy (non-hydrogen) atoms. The summed E-state index contributed by atoms with van der Waals surface area (Å²) >= 11 is 0. The maximum Gasteiger partial charge on any atom is 0.183 e. The van der Waals surface area contributed by atoms with Crippen molar-refractivity contribution in [1.29, 1.82) is 0 Å². The molecule has 0 radical (unpaired) electrons. The van der Waals surface area contributed by atoms with E-state index in [4.69, 9.17) is 9.47 Å². The van der Waals surface area contributed by atoms with Crippen molar-refractivity contribution in [2.75, 3.05) is 13.2 Å². The van der Waals surface area contributed by atoms with Gasteiger partial charge in [0.1, 0.15) is 5.82 Å². The van der Waals surface area contributed by atoms with Crippen LogP contribution >= 0.6 is 0 Å². The number of halogens is 1. The van der Waals surface area contributed by atoms with E-state index in [1.54, 1.807) is 12.1 Å². The molecular formula is C19H27FO2. The largest absolute Gasteiger partial charge is 0.348 e. The van der Waals surface area contributed by atoms with Crippen molar-refractivity contribution in [1.82, 2.24) is 0 Å².